The number of halogens is 3. The lowest BCUT2D eigenvalue weighted by molar-refractivity contribution is 0.0859. The number of carbonyl (C=O) groups is 1. The van der Waals surface area contributed by atoms with Crippen LogP contribution in [-0.2, 0) is 0 Å². The molecule has 0 atom stereocenters. The number of amides is 1. The maximum absolute atomic E-state index is 12.7. The van der Waals surface area contributed by atoms with E-state index < -0.39 is 0 Å². The lowest BCUT2D eigenvalue weighted by Gasteiger charge is -2.16. The van der Waals surface area contributed by atoms with Crippen molar-refractivity contribution in [3.05, 3.63) is 63.1 Å². The highest BCUT2D eigenvalue weighted by Crippen LogP contribution is 2.33. The monoisotopic (exact) mass is 367 g/mol. The normalized spacial score (nSPS) is 15.8. The summed E-state index contributed by atoms with van der Waals surface area (Å²) in [6.07, 6.45) is 0. The van der Waals surface area contributed by atoms with Crippen LogP contribution >= 0.6 is 34.8 Å². The Balaban J connectivity index is 1.94. The molecule has 0 bridgehead atoms. The molecule has 4 nitrogen and oxygen atoms in total. The van der Waals surface area contributed by atoms with Gasteiger partial charge in [0.1, 0.15) is 5.69 Å². The van der Waals surface area contributed by atoms with Gasteiger partial charge in [-0.2, -0.15) is 0 Å². The summed E-state index contributed by atoms with van der Waals surface area (Å²) in [7, 11) is 0. The molecule has 1 saturated heterocycles. The number of para-hydroxylation sites is 1. The SMILES string of the molecule is O=C(c1cccc(Cl)c1)N1CCNC1=Nc1c(Cl)cccc1Cl. The lowest BCUT2D eigenvalue weighted by Crippen LogP contribution is -2.35. The molecule has 7 heteroatoms. The molecule has 2 aromatic rings. The van der Waals surface area contributed by atoms with Gasteiger partial charge in [0.15, 0.2) is 0 Å². The van der Waals surface area contributed by atoms with E-state index in [1.165, 1.54) is 0 Å². The third kappa shape index (κ3) is 3.44. The van der Waals surface area contributed by atoms with Gasteiger partial charge in [-0.3, -0.25) is 9.69 Å². The van der Waals surface area contributed by atoms with Gasteiger partial charge in [0, 0.05) is 23.7 Å². The van der Waals surface area contributed by atoms with Gasteiger partial charge >= 0.3 is 0 Å². The van der Waals surface area contributed by atoms with Gasteiger partial charge in [0.2, 0.25) is 5.96 Å². The van der Waals surface area contributed by atoms with Crippen LogP contribution in [0.3, 0.4) is 0 Å². The maximum Gasteiger partial charge on any atom is 0.260 e. The summed E-state index contributed by atoms with van der Waals surface area (Å²) in [5.74, 6) is 0.240. The fraction of sp³-hybridized carbons (Fsp3) is 0.125. The van der Waals surface area contributed by atoms with Crippen molar-refractivity contribution in [2.75, 3.05) is 13.1 Å². The molecule has 3 rings (SSSR count). The fourth-order valence-electron chi connectivity index (χ4n) is 2.26. The Labute approximate surface area is 148 Å². The van der Waals surface area contributed by atoms with Crippen molar-refractivity contribution in [2.24, 2.45) is 4.99 Å². The third-order valence-electron chi connectivity index (χ3n) is 3.35. The first-order chi connectivity index (χ1) is 11.1. The van der Waals surface area contributed by atoms with E-state index in [2.05, 4.69) is 10.3 Å². The van der Waals surface area contributed by atoms with Crippen LogP contribution in [0.4, 0.5) is 5.69 Å². The number of hydrogen-bond donors (Lipinski definition) is 1. The van der Waals surface area contributed by atoms with Crippen molar-refractivity contribution >= 4 is 52.4 Å². The third-order valence-corrected chi connectivity index (χ3v) is 4.19. The first-order valence-corrected chi connectivity index (χ1v) is 8.03. The van der Waals surface area contributed by atoms with Crippen molar-refractivity contribution in [3.8, 4) is 0 Å². The Hall–Kier alpha value is -1.75. The number of aliphatic imine (C=N–C) groups is 1. The second kappa shape index (κ2) is 6.79. The van der Waals surface area contributed by atoms with E-state index in [1.807, 2.05) is 0 Å². The summed E-state index contributed by atoms with van der Waals surface area (Å²) in [5.41, 5.74) is 0.934. The van der Waals surface area contributed by atoms with Crippen LogP contribution in [0.5, 0.6) is 0 Å². The Morgan fingerprint density at radius 2 is 1.78 bits per heavy atom. The fourth-order valence-corrected chi connectivity index (χ4v) is 2.93. The summed E-state index contributed by atoms with van der Waals surface area (Å²) in [5, 5.41) is 4.44. The number of benzene rings is 2. The summed E-state index contributed by atoms with van der Waals surface area (Å²) in [4.78, 5) is 18.6. The second-order valence-corrected chi connectivity index (χ2v) is 6.15. The van der Waals surface area contributed by atoms with Crippen molar-refractivity contribution in [1.29, 1.82) is 0 Å². The van der Waals surface area contributed by atoms with Crippen LogP contribution < -0.4 is 5.32 Å². The maximum atomic E-state index is 12.7. The molecule has 118 valence electrons. The van der Waals surface area contributed by atoms with Crippen molar-refractivity contribution in [3.63, 3.8) is 0 Å². The zero-order chi connectivity index (χ0) is 16.4. The van der Waals surface area contributed by atoms with Crippen molar-refractivity contribution in [2.45, 2.75) is 0 Å². The van der Waals surface area contributed by atoms with Crippen molar-refractivity contribution < 1.29 is 4.79 Å². The minimum absolute atomic E-state index is 0.181. The Morgan fingerprint density at radius 1 is 1.09 bits per heavy atom. The lowest BCUT2D eigenvalue weighted by atomic mass is 10.2. The molecule has 0 aliphatic carbocycles. The van der Waals surface area contributed by atoms with E-state index in [0.717, 1.165) is 0 Å². The zero-order valence-electron chi connectivity index (χ0n) is 11.9. The molecule has 1 aliphatic rings. The minimum atomic E-state index is -0.181. The molecule has 1 aliphatic heterocycles. The quantitative estimate of drug-likeness (QED) is 0.855. The van der Waals surface area contributed by atoms with Gasteiger partial charge in [0.05, 0.1) is 10.0 Å². The van der Waals surface area contributed by atoms with Gasteiger partial charge in [0.25, 0.3) is 5.91 Å². The average Bonchev–Trinajstić information content (AvgIpc) is 2.98. The minimum Gasteiger partial charge on any atom is -0.354 e. The Kier molecular flexibility index (Phi) is 4.76. The van der Waals surface area contributed by atoms with E-state index in [4.69, 9.17) is 34.8 Å². The van der Waals surface area contributed by atoms with Crippen LogP contribution in [0, 0.1) is 0 Å². The standard InChI is InChI=1S/C16H12Cl3N3O/c17-11-4-1-3-10(9-11)15(23)22-8-7-20-16(22)21-14-12(18)5-2-6-13(14)19/h1-6,9H,7-8H2,(H,20,21). The van der Waals surface area contributed by atoms with E-state index in [1.54, 1.807) is 47.4 Å². The highest BCUT2D eigenvalue weighted by Gasteiger charge is 2.26. The van der Waals surface area contributed by atoms with Gasteiger partial charge in [-0.25, -0.2) is 4.99 Å². The summed E-state index contributed by atoms with van der Waals surface area (Å²) in [6, 6.07) is 11.9. The first kappa shape index (κ1) is 16.1. The van der Waals surface area contributed by atoms with Crippen LogP contribution in [0.1, 0.15) is 10.4 Å². The topological polar surface area (TPSA) is 44.7 Å². The highest BCUT2D eigenvalue weighted by atomic mass is 35.5. The molecule has 1 fully saturated rings. The largest absolute Gasteiger partial charge is 0.354 e. The number of nitrogens with zero attached hydrogens (tertiary/aromatic N) is 2. The first-order valence-electron chi connectivity index (χ1n) is 6.90. The van der Waals surface area contributed by atoms with Crippen LogP contribution in [0.2, 0.25) is 15.1 Å². The summed E-state index contributed by atoms with van der Waals surface area (Å²) >= 11 is 18.2. The van der Waals surface area contributed by atoms with Crippen LogP contribution in [-0.4, -0.2) is 29.9 Å². The number of rotatable bonds is 2. The van der Waals surface area contributed by atoms with Gasteiger partial charge in [-0.1, -0.05) is 46.9 Å². The smallest absolute Gasteiger partial charge is 0.260 e. The number of nitrogens with one attached hydrogen (secondary N) is 1. The van der Waals surface area contributed by atoms with E-state index >= 15 is 0 Å². The predicted octanol–water partition coefficient (Wildman–Crippen LogP) is 4.38. The molecule has 1 heterocycles. The number of guanidine groups is 1. The molecule has 0 saturated carbocycles. The molecule has 1 N–H and O–H groups in total. The summed E-state index contributed by atoms with van der Waals surface area (Å²) in [6.45, 7) is 1.11. The average molecular weight is 369 g/mol. The van der Waals surface area contributed by atoms with E-state index in [-0.39, 0.29) is 5.91 Å². The molecule has 0 radical (unpaired) electrons. The molecule has 23 heavy (non-hydrogen) atoms. The molecule has 0 spiro atoms. The number of carbonyl (C=O) groups excluding carboxylic acids is 1. The molecular weight excluding hydrogens is 357 g/mol. The van der Waals surface area contributed by atoms with Crippen LogP contribution in [0.15, 0.2) is 47.5 Å². The van der Waals surface area contributed by atoms with Crippen molar-refractivity contribution in [1.82, 2.24) is 10.2 Å². The predicted molar refractivity (Wildman–Crippen MR) is 94.0 cm³/mol. The van der Waals surface area contributed by atoms with E-state index in [0.29, 0.717) is 45.4 Å². The molecule has 0 unspecified atom stereocenters. The Bertz CT molecular complexity index is 772. The highest BCUT2D eigenvalue weighted by molar-refractivity contribution is 6.39. The molecule has 1 amide bonds. The molecular formula is C16H12Cl3N3O. The number of hydrogen-bond acceptors (Lipinski definition) is 2. The van der Waals surface area contributed by atoms with E-state index in [9.17, 15) is 4.79 Å². The van der Waals surface area contributed by atoms with Gasteiger partial charge < -0.3 is 5.32 Å². The Morgan fingerprint density at radius 3 is 2.48 bits per heavy atom. The zero-order valence-corrected chi connectivity index (χ0v) is 14.2. The van der Waals surface area contributed by atoms with Crippen LogP contribution in [0.25, 0.3) is 0 Å². The second-order valence-electron chi connectivity index (χ2n) is 4.90. The molecule has 0 aromatic heterocycles. The molecule has 2 aromatic carbocycles. The summed E-state index contributed by atoms with van der Waals surface area (Å²) < 4.78 is 0. The van der Waals surface area contributed by atoms with Gasteiger partial charge in [-0.05, 0) is 30.3 Å². The van der Waals surface area contributed by atoms with Gasteiger partial charge in [-0.15, -0.1) is 0 Å².